The van der Waals surface area contributed by atoms with Crippen LogP contribution in [-0.4, -0.2) is 74.6 Å². The lowest BCUT2D eigenvalue weighted by molar-refractivity contribution is -0.137. The van der Waals surface area contributed by atoms with Gasteiger partial charge in [-0.2, -0.15) is 28.2 Å². The van der Waals surface area contributed by atoms with Crippen molar-refractivity contribution in [3.05, 3.63) is 53.1 Å². The number of halogens is 5. The Hall–Kier alpha value is -4.86. The molecule has 3 unspecified atom stereocenters. The van der Waals surface area contributed by atoms with Crippen LogP contribution in [0.15, 0.2) is 30.6 Å². The van der Waals surface area contributed by atoms with Gasteiger partial charge >= 0.3 is 12.2 Å². The number of pyridine rings is 2. The average Bonchev–Trinajstić information content (AvgIpc) is 3.77. The maximum absolute atomic E-state index is 16.3. The summed E-state index contributed by atoms with van der Waals surface area (Å²) in [5.41, 5.74) is 4.25. The summed E-state index contributed by atoms with van der Waals surface area (Å²) in [6.45, 7) is 4.91. The first kappa shape index (κ1) is 33.1. The summed E-state index contributed by atoms with van der Waals surface area (Å²) in [6, 6.07) is 4.65. The number of nitrogens with two attached hydrogens (primary N) is 1. The van der Waals surface area contributed by atoms with E-state index in [4.69, 9.17) is 15.2 Å². The van der Waals surface area contributed by atoms with Gasteiger partial charge < -0.3 is 20.5 Å². The normalized spacial score (nSPS) is 18.4. The fourth-order valence-corrected chi connectivity index (χ4v) is 6.57. The number of aromatic amines is 1. The van der Waals surface area contributed by atoms with Gasteiger partial charge in [-0.3, -0.25) is 10.00 Å². The number of hydrogen-bond donors (Lipinski definition) is 3. The van der Waals surface area contributed by atoms with Crippen LogP contribution >= 0.6 is 0 Å². The summed E-state index contributed by atoms with van der Waals surface area (Å²) in [4.78, 5) is 19.0. The fraction of sp³-hybridized carbons (Fsp3) is 0.406. The van der Waals surface area contributed by atoms with Gasteiger partial charge in [-0.25, -0.2) is 18.7 Å². The number of nitrogens with zero attached hydrogens (tertiary/aromatic N) is 6. The third-order valence-corrected chi connectivity index (χ3v) is 8.72. The first-order valence-electron chi connectivity index (χ1n) is 15.3. The van der Waals surface area contributed by atoms with E-state index in [1.807, 2.05) is 0 Å². The number of rotatable bonds is 6. The zero-order valence-corrected chi connectivity index (χ0v) is 26.6. The Morgan fingerprint density at radius 3 is 2.65 bits per heavy atom. The molecular formula is C32H34F5N9O2. The molecule has 48 heavy (non-hydrogen) atoms. The highest BCUT2D eigenvalue weighted by molar-refractivity contribution is 6.01. The number of hydrogen-bond acceptors (Lipinski definition) is 10. The zero-order chi connectivity index (χ0) is 34.3. The fourth-order valence-electron chi connectivity index (χ4n) is 6.57. The second-order valence-corrected chi connectivity index (χ2v) is 11.8. The molecule has 4 N–H and O–H groups in total. The molecule has 2 aliphatic rings. The van der Waals surface area contributed by atoms with Crippen molar-refractivity contribution in [2.45, 2.75) is 57.5 Å². The number of fused-ring (bicyclic) bond motifs is 3. The van der Waals surface area contributed by atoms with Crippen LogP contribution in [0.25, 0.3) is 33.1 Å². The van der Waals surface area contributed by atoms with Gasteiger partial charge in [0.05, 0.1) is 37.5 Å². The molecule has 0 saturated carbocycles. The average molecular weight is 672 g/mol. The van der Waals surface area contributed by atoms with Gasteiger partial charge in [-0.15, -0.1) is 0 Å². The summed E-state index contributed by atoms with van der Waals surface area (Å²) in [6.07, 6.45) is 0.713. The van der Waals surface area contributed by atoms with E-state index in [1.165, 1.54) is 52.4 Å². The summed E-state index contributed by atoms with van der Waals surface area (Å²) in [5.74, 6) is -0.994. The lowest BCUT2D eigenvalue weighted by atomic mass is 9.94. The summed E-state index contributed by atoms with van der Waals surface area (Å²) < 4.78 is 82.4. The standard InChI is InChI=1S/C25H22F4N8O2.C7H12FN/c1-10-8-14-13(9-32-37-14)15(17(10)25(27,28)29)19-18(26)20-16(23(34-19)38-3)22(36-24(35-20)39-4)33-11(2)12-6-5-7-31-21(12)30;8-6-4-7-2-1-3-9(7)5-6/h5-9,11H,1-4H3,(H2,30,31)(H,32,37)(H,33,35,36);6-7H,1-5H2. The Balaban J connectivity index is 0.000000381. The summed E-state index contributed by atoms with van der Waals surface area (Å²) >= 11 is 0. The maximum atomic E-state index is 16.3. The molecule has 6 heterocycles. The summed E-state index contributed by atoms with van der Waals surface area (Å²) in [7, 11) is 2.54. The topological polar surface area (TPSA) is 140 Å². The van der Waals surface area contributed by atoms with Gasteiger partial charge in [0.25, 0.3) is 0 Å². The highest BCUT2D eigenvalue weighted by atomic mass is 19.4. The molecule has 0 spiro atoms. The molecule has 2 fully saturated rings. The van der Waals surface area contributed by atoms with Crippen LogP contribution in [-0.2, 0) is 6.18 Å². The molecule has 3 atom stereocenters. The van der Waals surface area contributed by atoms with Crippen LogP contribution in [0.5, 0.6) is 11.9 Å². The molecule has 2 aliphatic heterocycles. The van der Waals surface area contributed by atoms with Crippen LogP contribution in [0.3, 0.4) is 0 Å². The first-order chi connectivity index (χ1) is 22.9. The number of methoxy groups -OCH3 is 2. The molecule has 2 saturated heterocycles. The van der Waals surface area contributed by atoms with Crippen LogP contribution < -0.4 is 20.5 Å². The minimum Gasteiger partial charge on any atom is -0.480 e. The van der Waals surface area contributed by atoms with E-state index in [2.05, 4.69) is 40.3 Å². The number of aryl methyl sites for hydroxylation is 1. The Morgan fingerprint density at radius 1 is 1.17 bits per heavy atom. The molecule has 254 valence electrons. The lowest BCUT2D eigenvalue weighted by Gasteiger charge is -2.20. The number of nitrogen functional groups attached to an aromatic ring is 1. The predicted molar refractivity (Wildman–Crippen MR) is 170 cm³/mol. The van der Waals surface area contributed by atoms with E-state index < -0.39 is 41.0 Å². The molecule has 4 aromatic heterocycles. The molecule has 0 aliphatic carbocycles. The van der Waals surface area contributed by atoms with Gasteiger partial charge in [0, 0.05) is 35.3 Å². The summed E-state index contributed by atoms with van der Waals surface area (Å²) in [5, 5.41) is 9.63. The van der Waals surface area contributed by atoms with Gasteiger partial charge in [0.1, 0.15) is 34.4 Å². The number of ether oxygens (including phenoxy) is 2. The first-order valence-corrected chi connectivity index (χ1v) is 15.3. The van der Waals surface area contributed by atoms with Crippen LogP contribution in [0, 0.1) is 12.7 Å². The Labute approximate surface area is 272 Å². The molecule has 1 aromatic carbocycles. The SMILES string of the molecule is COc1nc(NC(C)c2cccnc2N)c2c(OC)nc(-c3c(C(F)(F)F)c(C)cc4[nH]ncc34)c(F)c2n1.FC1CC2CCCN2C1. The van der Waals surface area contributed by atoms with Crippen molar-refractivity contribution < 1.29 is 31.4 Å². The van der Waals surface area contributed by atoms with Crippen molar-refractivity contribution in [2.75, 3.05) is 38.4 Å². The highest BCUT2D eigenvalue weighted by Crippen LogP contribution is 2.46. The predicted octanol–water partition coefficient (Wildman–Crippen LogP) is 6.39. The van der Waals surface area contributed by atoms with Crippen molar-refractivity contribution in [1.82, 2.24) is 35.0 Å². The molecular weight excluding hydrogens is 637 g/mol. The Kier molecular flexibility index (Phi) is 8.94. The smallest absolute Gasteiger partial charge is 0.417 e. The van der Waals surface area contributed by atoms with E-state index in [9.17, 15) is 17.6 Å². The Bertz CT molecular complexity index is 1960. The van der Waals surface area contributed by atoms with E-state index in [1.54, 1.807) is 19.1 Å². The monoisotopic (exact) mass is 671 g/mol. The van der Waals surface area contributed by atoms with E-state index in [0.29, 0.717) is 18.2 Å². The molecule has 7 rings (SSSR count). The van der Waals surface area contributed by atoms with E-state index in [-0.39, 0.29) is 50.9 Å². The maximum Gasteiger partial charge on any atom is 0.417 e. The highest BCUT2D eigenvalue weighted by Gasteiger charge is 2.39. The third-order valence-electron chi connectivity index (χ3n) is 8.72. The van der Waals surface area contributed by atoms with Gasteiger partial charge in [0.2, 0.25) is 5.88 Å². The molecule has 0 radical (unpaired) electrons. The molecule has 16 heteroatoms. The van der Waals surface area contributed by atoms with Crippen molar-refractivity contribution >= 4 is 33.4 Å². The van der Waals surface area contributed by atoms with Gasteiger partial charge in [-0.1, -0.05) is 6.07 Å². The number of anilines is 2. The number of benzene rings is 1. The third kappa shape index (κ3) is 6.11. The molecule has 0 amide bonds. The molecule has 5 aromatic rings. The number of alkyl halides is 4. The van der Waals surface area contributed by atoms with Crippen LogP contribution in [0.4, 0.5) is 33.6 Å². The van der Waals surface area contributed by atoms with E-state index in [0.717, 1.165) is 13.0 Å². The largest absolute Gasteiger partial charge is 0.480 e. The second-order valence-electron chi connectivity index (χ2n) is 11.8. The van der Waals surface area contributed by atoms with Gasteiger partial charge in [0.15, 0.2) is 5.82 Å². The number of H-pyrrole nitrogens is 1. The van der Waals surface area contributed by atoms with Crippen molar-refractivity contribution in [3.8, 4) is 23.1 Å². The number of aromatic nitrogens is 6. The minimum absolute atomic E-state index is 0.00138. The van der Waals surface area contributed by atoms with Crippen LogP contribution in [0.2, 0.25) is 0 Å². The van der Waals surface area contributed by atoms with E-state index >= 15 is 4.39 Å². The molecule has 0 bridgehead atoms. The molecule has 11 nitrogen and oxygen atoms in total. The van der Waals surface area contributed by atoms with Crippen molar-refractivity contribution in [2.24, 2.45) is 0 Å². The van der Waals surface area contributed by atoms with Gasteiger partial charge in [-0.05, 0) is 57.4 Å². The quantitative estimate of drug-likeness (QED) is 0.174. The zero-order valence-electron chi connectivity index (χ0n) is 26.6. The van der Waals surface area contributed by atoms with Crippen molar-refractivity contribution in [1.29, 1.82) is 0 Å². The van der Waals surface area contributed by atoms with Crippen LogP contribution in [0.1, 0.15) is 48.9 Å². The minimum atomic E-state index is -4.82. The Morgan fingerprint density at radius 2 is 1.96 bits per heavy atom. The lowest BCUT2D eigenvalue weighted by Crippen LogP contribution is -2.22. The number of nitrogens with one attached hydrogen (secondary N) is 2. The second kappa shape index (κ2) is 13.0. The van der Waals surface area contributed by atoms with Crippen molar-refractivity contribution in [3.63, 3.8) is 0 Å².